The van der Waals surface area contributed by atoms with Crippen molar-refractivity contribution >= 4 is 12.0 Å². The van der Waals surface area contributed by atoms with Crippen LogP contribution >= 0.6 is 0 Å². The lowest BCUT2D eigenvalue weighted by atomic mass is 10.2. The highest BCUT2D eigenvalue weighted by Crippen LogP contribution is 2.21. The maximum absolute atomic E-state index is 11.3. The number of methoxy groups -OCH3 is 1. The normalized spacial score (nSPS) is 10.7. The molecule has 4 heteroatoms. The first-order chi connectivity index (χ1) is 9.74. The maximum Gasteiger partial charge on any atom is 0.373 e. The number of hydrogen-bond donors (Lipinski definition) is 0. The predicted molar refractivity (Wildman–Crippen MR) is 75.5 cm³/mol. The Hall–Kier alpha value is -2.49. The van der Waals surface area contributed by atoms with Crippen LogP contribution in [0.2, 0.25) is 0 Å². The summed E-state index contributed by atoms with van der Waals surface area (Å²) in [7, 11) is 1.31. The molecular formula is C16H16O4. The van der Waals surface area contributed by atoms with Crippen LogP contribution in [0.25, 0.3) is 6.08 Å². The van der Waals surface area contributed by atoms with Crippen LogP contribution in [0.1, 0.15) is 28.8 Å². The second-order valence-corrected chi connectivity index (χ2v) is 4.08. The minimum Gasteiger partial charge on any atom is -0.485 e. The summed E-state index contributed by atoms with van der Waals surface area (Å²) < 4.78 is 15.6. The largest absolute Gasteiger partial charge is 0.485 e. The zero-order valence-electron chi connectivity index (χ0n) is 11.5. The zero-order chi connectivity index (χ0) is 14.4. The van der Waals surface area contributed by atoms with E-state index in [-0.39, 0.29) is 12.4 Å². The van der Waals surface area contributed by atoms with Crippen molar-refractivity contribution in [3.63, 3.8) is 0 Å². The molecule has 0 fully saturated rings. The zero-order valence-corrected chi connectivity index (χ0v) is 11.5. The molecule has 2 rings (SSSR count). The number of rotatable bonds is 5. The molecule has 0 atom stereocenters. The van der Waals surface area contributed by atoms with E-state index in [1.807, 2.05) is 43.3 Å². The van der Waals surface area contributed by atoms with Gasteiger partial charge in [0.25, 0.3) is 0 Å². The summed E-state index contributed by atoms with van der Waals surface area (Å²) in [6, 6.07) is 11.0. The summed E-state index contributed by atoms with van der Waals surface area (Å²) in [4.78, 5) is 11.3. The van der Waals surface area contributed by atoms with Crippen LogP contribution in [0.3, 0.4) is 0 Å². The Morgan fingerprint density at radius 1 is 1.25 bits per heavy atom. The lowest BCUT2D eigenvalue weighted by Crippen LogP contribution is -1.99. The fourth-order valence-corrected chi connectivity index (χ4v) is 1.74. The smallest absolute Gasteiger partial charge is 0.373 e. The first-order valence-corrected chi connectivity index (χ1v) is 6.26. The molecule has 0 N–H and O–H groups in total. The van der Waals surface area contributed by atoms with Crippen molar-refractivity contribution in [1.82, 2.24) is 0 Å². The molecule has 0 saturated carbocycles. The van der Waals surface area contributed by atoms with Gasteiger partial charge in [-0.1, -0.05) is 30.4 Å². The fraction of sp³-hybridized carbons (Fsp3) is 0.188. The van der Waals surface area contributed by atoms with Crippen LogP contribution in [-0.4, -0.2) is 13.1 Å². The SMILES string of the molecule is C/C=C/c1ccccc1OCc1ccc(C(=O)OC)o1. The molecule has 0 spiro atoms. The molecule has 2 aromatic rings. The van der Waals surface area contributed by atoms with E-state index in [2.05, 4.69) is 4.74 Å². The van der Waals surface area contributed by atoms with Crippen molar-refractivity contribution < 1.29 is 18.7 Å². The minimum absolute atomic E-state index is 0.174. The molecule has 0 unspecified atom stereocenters. The Morgan fingerprint density at radius 2 is 2.05 bits per heavy atom. The molecule has 0 radical (unpaired) electrons. The van der Waals surface area contributed by atoms with E-state index >= 15 is 0 Å². The van der Waals surface area contributed by atoms with Gasteiger partial charge in [-0.05, 0) is 25.1 Å². The molecule has 1 aromatic heterocycles. The number of para-hydroxylation sites is 1. The third kappa shape index (κ3) is 3.29. The average molecular weight is 272 g/mol. The molecule has 4 nitrogen and oxygen atoms in total. The highest BCUT2D eigenvalue weighted by atomic mass is 16.5. The Bertz CT molecular complexity index is 610. The molecule has 1 heterocycles. The molecule has 0 bridgehead atoms. The molecule has 0 amide bonds. The van der Waals surface area contributed by atoms with Gasteiger partial charge in [0, 0.05) is 5.56 Å². The molecular weight excluding hydrogens is 256 g/mol. The second-order valence-electron chi connectivity index (χ2n) is 4.08. The van der Waals surface area contributed by atoms with Gasteiger partial charge in [0.15, 0.2) is 0 Å². The Labute approximate surface area is 117 Å². The highest BCUT2D eigenvalue weighted by Gasteiger charge is 2.11. The summed E-state index contributed by atoms with van der Waals surface area (Å²) in [6.45, 7) is 2.21. The van der Waals surface area contributed by atoms with E-state index in [1.54, 1.807) is 12.1 Å². The highest BCUT2D eigenvalue weighted by molar-refractivity contribution is 5.86. The molecule has 20 heavy (non-hydrogen) atoms. The van der Waals surface area contributed by atoms with Crippen molar-refractivity contribution in [1.29, 1.82) is 0 Å². The molecule has 0 aliphatic carbocycles. The number of hydrogen-bond acceptors (Lipinski definition) is 4. The van der Waals surface area contributed by atoms with Crippen LogP contribution in [0.5, 0.6) is 5.75 Å². The average Bonchev–Trinajstić information content (AvgIpc) is 2.95. The summed E-state index contributed by atoms with van der Waals surface area (Å²) in [5.74, 6) is 1.01. The van der Waals surface area contributed by atoms with Gasteiger partial charge in [-0.2, -0.15) is 0 Å². The molecule has 0 saturated heterocycles. The van der Waals surface area contributed by atoms with Crippen LogP contribution in [0, 0.1) is 0 Å². The standard InChI is InChI=1S/C16H16O4/c1-3-6-12-7-4-5-8-14(12)19-11-13-9-10-15(20-13)16(17)18-2/h3-10H,11H2,1-2H3/b6-3+. The van der Waals surface area contributed by atoms with Crippen molar-refractivity contribution in [3.8, 4) is 5.75 Å². The van der Waals surface area contributed by atoms with Gasteiger partial charge in [-0.25, -0.2) is 4.79 Å². The van der Waals surface area contributed by atoms with Crippen molar-refractivity contribution in [2.45, 2.75) is 13.5 Å². The summed E-state index contributed by atoms with van der Waals surface area (Å²) >= 11 is 0. The van der Waals surface area contributed by atoms with E-state index in [4.69, 9.17) is 9.15 Å². The van der Waals surface area contributed by atoms with Gasteiger partial charge in [0.05, 0.1) is 7.11 Å². The Kier molecular flexibility index (Phi) is 4.60. The molecule has 0 aliphatic heterocycles. The Morgan fingerprint density at radius 3 is 2.80 bits per heavy atom. The Balaban J connectivity index is 2.05. The van der Waals surface area contributed by atoms with E-state index < -0.39 is 5.97 Å². The van der Waals surface area contributed by atoms with Gasteiger partial charge >= 0.3 is 5.97 Å². The number of benzene rings is 1. The molecule has 104 valence electrons. The van der Waals surface area contributed by atoms with E-state index in [9.17, 15) is 4.79 Å². The van der Waals surface area contributed by atoms with E-state index in [1.165, 1.54) is 7.11 Å². The van der Waals surface area contributed by atoms with Gasteiger partial charge in [0.2, 0.25) is 5.76 Å². The van der Waals surface area contributed by atoms with Crippen molar-refractivity contribution in [2.24, 2.45) is 0 Å². The van der Waals surface area contributed by atoms with Gasteiger partial charge in [0.1, 0.15) is 18.1 Å². The number of ether oxygens (including phenoxy) is 2. The lowest BCUT2D eigenvalue weighted by molar-refractivity contribution is 0.0561. The number of carbonyl (C=O) groups is 1. The van der Waals surface area contributed by atoms with Crippen LogP contribution < -0.4 is 4.74 Å². The number of esters is 1. The monoisotopic (exact) mass is 272 g/mol. The molecule has 1 aromatic carbocycles. The summed E-state index contributed by atoms with van der Waals surface area (Å²) in [5, 5.41) is 0. The van der Waals surface area contributed by atoms with Gasteiger partial charge < -0.3 is 13.9 Å². The number of allylic oxidation sites excluding steroid dienone is 1. The van der Waals surface area contributed by atoms with E-state index in [0.717, 1.165) is 11.3 Å². The van der Waals surface area contributed by atoms with Crippen LogP contribution in [0.15, 0.2) is 46.9 Å². The summed E-state index contributed by atoms with van der Waals surface area (Å²) in [5.41, 5.74) is 0.995. The second kappa shape index (κ2) is 6.61. The van der Waals surface area contributed by atoms with Gasteiger partial charge in [-0.15, -0.1) is 0 Å². The van der Waals surface area contributed by atoms with Crippen LogP contribution in [-0.2, 0) is 11.3 Å². The predicted octanol–water partition coefficient (Wildman–Crippen LogP) is 3.68. The lowest BCUT2D eigenvalue weighted by Gasteiger charge is -2.07. The maximum atomic E-state index is 11.3. The van der Waals surface area contributed by atoms with Crippen LogP contribution in [0.4, 0.5) is 0 Å². The minimum atomic E-state index is -0.495. The number of carbonyl (C=O) groups excluding carboxylic acids is 1. The quantitative estimate of drug-likeness (QED) is 0.779. The first kappa shape index (κ1) is 13.9. The van der Waals surface area contributed by atoms with Crippen molar-refractivity contribution in [2.75, 3.05) is 7.11 Å². The first-order valence-electron chi connectivity index (χ1n) is 6.26. The van der Waals surface area contributed by atoms with Crippen molar-refractivity contribution in [3.05, 3.63) is 59.6 Å². The summed E-state index contributed by atoms with van der Waals surface area (Å²) in [6.07, 6.45) is 3.92. The third-order valence-corrected chi connectivity index (χ3v) is 2.68. The van der Waals surface area contributed by atoms with Gasteiger partial charge in [-0.3, -0.25) is 0 Å². The molecule has 0 aliphatic rings. The topological polar surface area (TPSA) is 48.7 Å². The number of furan rings is 1. The fourth-order valence-electron chi connectivity index (χ4n) is 1.74. The third-order valence-electron chi connectivity index (χ3n) is 2.68. The van der Waals surface area contributed by atoms with E-state index in [0.29, 0.717) is 5.76 Å².